The van der Waals surface area contributed by atoms with Gasteiger partial charge in [-0.15, -0.1) is 0 Å². The first-order valence-corrected chi connectivity index (χ1v) is 21.3. The van der Waals surface area contributed by atoms with Gasteiger partial charge in [0.25, 0.3) is 5.91 Å². The molecular formula is C41H58N6O9S. The molecule has 15 nitrogen and oxygen atoms in total. The fourth-order valence-corrected chi connectivity index (χ4v) is 9.22. The first-order valence-electron chi connectivity index (χ1n) is 19.8. The molecule has 312 valence electrons. The molecule has 0 bridgehead atoms. The van der Waals surface area contributed by atoms with Crippen LogP contribution in [0.4, 0.5) is 10.5 Å². The fraction of sp³-hybridized carbons (Fsp3) is 0.634. The molecule has 4 aliphatic rings. The van der Waals surface area contributed by atoms with Crippen molar-refractivity contribution in [1.82, 2.24) is 25.2 Å². The van der Waals surface area contributed by atoms with Crippen molar-refractivity contribution in [2.75, 3.05) is 32.6 Å². The molecule has 2 aromatic rings. The van der Waals surface area contributed by atoms with Crippen molar-refractivity contribution < 1.29 is 41.8 Å². The Kier molecular flexibility index (Phi) is 11.5. The minimum Gasteiger partial charge on any atom is -0.494 e. The number of fused-ring (bicyclic) bond motifs is 3. The minimum absolute atomic E-state index is 0.0288. The van der Waals surface area contributed by atoms with Gasteiger partial charge in [-0.2, -0.15) is 0 Å². The number of nitrogens with one attached hydrogen (secondary N) is 3. The van der Waals surface area contributed by atoms with E-state index in [2.05, 4.69) is 27.3 Å². The number of aromatic nitrogens is 1. The second-order valence-corrected chi connectivity index (χ2v) is 20.0. The number of amides is 4. The number of alkyl carbamates (subject to hydrolysis) is 1. The van der Waals surface area contributed by atoms with Crippen molar-refractivity contribution in [1.29, 1.82) is 0 Å². The van der Waals surface area contributed by atoms with Crippen molar-refractivity contribution >= 4 is 50.3 Å². The summed E-state index contributed by atoms with van der Waals surface area (Å²) >= 11 is 0. The van der Waals surface area contributed by atoms with Gasteiger partial charge < -0.3 is 34.6 Å². The number of allylic oxidation sites excluding steroid dienone is 1. The Hall–Kier alpha value is -4.60. The number of nitrogens with zero attached hydrogens (tertiary/aromatic N) is 3. The molecule has 1 aromatic heterocycles. The summed E-state index contributed by atoms with van der Waals surface area (Å²) in [5, 5.41) is 7.16. The van der Waals surface area contributed by atoms with Crippen molar-refractivity contribution in [3.8, 4) is 11.6 Å². The van der Waals surface area contributed by atoms with Crippen LogP contribution in [0.1, 0.15) is 86.5 Å². The maximum atomic E-state index is 14.8. The molecule has 4 amide bonds. The molecule has 16 heteroatoms. The minimum atomic E-state index is -4.01. The van der Waals surface area contributed by atoms with Gasteiger partial charge in [0.05, 0.1) is 24.6 Å². The molecule has 2 aliphatic heterocycles. The van der Waals surface area contributed by atoms with Gasteiger partial charge in [-0.25, -0.2) is 18.2 Å². The Morgan fingerprint density at radius 1 is 1.09 bits per heavy atom. The Balaban J connectivity index is 1.36. The van der Waals surface area contributed by atoms with E-state index >= 15 is 0 Å². The third kappa shape index (κ3) is 8.95. The zero-order chi connectivity index (χ0) is 41.7. The monoisotopic (exact) mass is 810 g/mol. The number of pyridine rings is 1. The maximum absolute atomic E-state index is 14.8. The summed E-state index contributed by atoms with van der Waals surface area (Å²) in [5.41, 5.74) is -1.43. The standard InChI is InChI=1S/C41H58N6O9S/c1-24-12-10-11-13-26-21-41(26,37(50)45-57(52,53)40(6)16-17-40)44-34(48)31-20-28(23-47(31)36(49)33(25(2)18-24)43-38(51)56-39(3,4)5)55-35-29-15-14-27(46(7)8)19-30(29)32(54-9)22-42-35/h11,13-15,19,22,24-26,28,31,33H,10,12,16-18,20-21,23H2,1-9H3,(H,43,51)(H,44,48)(H,45,50)/b13-11-/t24-,25-,26-,28-,31+,33+,41-/m1/s1. The first-order chi connectivity index (χ1) is 26.7. The lowest BCUT2D eigenvalue weighted by Gasteiger charge is -2.33. The Bertz CT molecular complexity index is 2040. The van der Waals surface area contributed by atoms with Gasteiger partial charge in [-0.1, -0.05) is 26.0 Å². The van der Waals surface area contributed by atoms with Crippen LogP contribution < -0.4 is 29.7 Å². The molecule has 3 fully saturated rings. The summed E-state index contributed by atoms with van der Waals surface area (Å²) < 4.78 is 45.4. The van der Waals surface area contributed by atoms with E-state index in [1.54, 1.807) is 41.0 Å². The molecule has 1 aromatic carbocycles. The molecule has 0 radical (unpaired) electrons. The average molecular weight is 811 g/mol. The number of hydrogen-bond acceptors (Lipinski definition) is 11. The predicted octanol–water partition coefficient (Wildman–Crippen LogP) is 4.44. The molecule has 6 rings (SSSR count). The van der Waals surface area contributed by atoms with Gasteiger partial charge in [0, 0.05) is 42.9 Å². The molecule has 2 aliphatic carbocycles. The smallest absolute Gasteiger partial charge is 0.408 e. The molecular weight excluding hydrogens is 753 g/mol. The second kappa shape index (κ2) is 15.6. The first kappa shape index (κ1) is 42.0. The van der Waals surface area contributed by atoms with Gasteiger partial charge in [-0.3, -0.25) is 19.1 Å². The topological polar surface area (TPSA) is 186 Å². The second-order valence-electron chi connectivity index (χ2n) is 17.8. The number of anilines is 1. The van der Waals surface area contributed by atoms with Gasteiger partial charge in [0.1, 0.15) is 35.1 Å². The van der Waals surface area contributed by atoms with Crippen LogP contribution in [0.25, 0.3) is 10.8 Å². The molecule has 3 heterocycles. The summed E-state index contributed by atoms with van der Waals surface area (Å²) in [6.07, 6.45) is 7.02. The Labute approximate surface area is 335 Å². The summed E-state index contributed by atoms with van der Waals surface area (Å²) in [6.45, 7) is 10.7. The van der Waals surface area contributed by atoms with Crippen molar-refractivity contribution in [3.05, 3.63) is 36.5 Å². The number of ether oxygens (including phenoxy) is 3. The molecule has 1 saturated heterocycles. The highest BCUT2D eigenvalue weighted by Gasteiger charge is 2.63. The van der Waals surface area contributed by atoms with E-state index in [0.717, 1.165) is 17.5 Å². The van der Waals surface area contributed by atoms with E-state index < -0.39 is 73.8 Å². The van der Waals surface area contributed by atoms with E-state index in [9.17, 15) is 27.6 Å². The van der Waals surface area contributed by atoms with Crippen LogP contribution in [0.3, 0.4) is 0 Å². The molecule has 7 atom stereocenters. The number of methoxy groups -OCH3 is 1. The highest BCUT2D eigenvalue weighted by atomic mass is 32.2. The van der Waals surface area contributed by atoms with Gasteiger partial charge in [0.2, 0.25) is 27.7 Å². The normalized spacial score (nSPS) is 29.4. The van der Waals surface area contributed by atoms with Crippen molar-refractivity contribution in [3.63, 3.8) is 0 Å². The van der Waals surface area contributed by atoms with E-state index in [-0.39, 0.29) is 37.1 Å². The quantitative estimate of drug-likeness (QED) is 0.321. The lowest BCUT2D eigenvalue weighted by molar-refractivity contribution is -0.142. The van der Waals surface area contributed by atoms with E-state index in [1.165, 1.54) is 4.90 Å². The van der Waals surface area contributed by atoms with Crippen LogP contribution in [0.5, 0.6) is 11.6 Å². The highest BCUT2D eigenvalue weighted by Crippen LogP contribution is 2.48. The van der Waals surface area contributed by atoms with Gasteiger partial charge in [-0.05, 0) is 96.3 Å². The van der Waals surface area contributed by atoms with Crippen molar-refractivity contribution in [2.45, 2.75) is 121 Å². The SMILES string of the molecule is COc1cnc(O[C@@H]2C[C@H]3C(=O)N[C@]4(C(=O)NS(=O)(=O)C5(C)CC5)C[C@H]4/C=C\CC[C@@H](C)C[C@@H](C)[C@H](NC(=O)OC(C)(C)C)C(=O)N3C2)c2ccc(N(C)C)cc12. The van der Waals surface area contributed by atoms with Crippen LogP contribution >= 0.6 is 0 Å². The summed E-state index contributed by atoms with van der Waals surface area (Å²) in [7, 11) is 1.42. The van der Waals surface area contributed by atoms with E-state index in [1.807, 2.05) is 56.3 Å². The third-order valence-corrected chi connectivity index (χ3v) is 13.9. The lowest BCUT2D eigenvalue weighted by Crippen LogP contribution is -2.59. The fourth-order valence-electron chi connectivity index (χ4n) is 7.90. The third-order valence-electron chi connectivity index (χ3n) is 11.7. The molecule has 3 N–H and O–H groups in total. The Morgan fingerprint density at radius 2 is 1.81 bits per heavy atom. The van der Waals surface area contributed by atoms with Crippen molar-refractivity contribution in [2.24, 2.45) is 17.8 Å². The largest absolute Gasteiger partial charge is 0.494 e. The number of benzene rings is 1. The van der Waals surface area contributed by atoms with E-state index in [4.69, 9.17) is 14.2 Å². The van der Waals surface area contributed by atoms with Crippen LogP contribution in [-0.2, 0) is 29.1 Å². The van der Waals surface area contributed by atoms with Gasteiger partial charge >= 0.3 is 6.09 Å². The average Bonchev–Trinajstić information content (AvgIpc) is 4.01. The summed E-state index contributed by atoms with van der Waals surface area (Å²) in [5.74, 6) is -1.77. The lowest BCUT2D eigenvalue weighted by atomic mass is 9.88. The number of sulfonamides is 1. The Morgan fingerprint density at radius 3 is 2.46 bits per heavy atom. The molecule has 2 saturated carbocycles. The van der Waals surface area contributed by atoms with Crippen LogP contribution in [0.2, 0.25) is 0 Å². The molecule has 0 spiro atoms. The zero-order valence-corrected chi connectivity index (χ0v) is 35.3. The predicted molar refractivity (Wildman–Crippen MR) is 215 cm³/mol. The maximum Gasteiger partial charge on any atom is 0.408 e. The number of carbonyl (C=O) groups is 4. The van der Waals surface area contributed by atoms with Crippen LogP contribution in [0.15, 0.2) is 36.5 Å². The number of carbonyl (C=O) groups excluding carboxylic acids is 4. The highest BCUT2D eigenvalue weighted by molar-refractivity contribution is 7.91. The summed E-state index contributed by atoms with van der Waals surface area (Å²) in [6, 6.07) is 3.57. The number of rotatable bonds is 8. The van der Waals surface area contributed by atoms with E-state index in [0.29, 0.717) is 36.8 Å². The van der Waals surface area contributed by atoms with Gasteiger partial charge in [0.15, 0.2) is 0 Å². The van der Waals surface area contributed by atoms with Crippen LogP contribution in [-0.4, -0.2) is 104 Å². The zero-order valence-electron chi connectivity index (χ0n) is 34.5. The molecule has 0 unspecified atom stereocenters. The molecule has 57 heavy (non-hydrogen) atoms. The van der Waals surface area contributed by atoms with Crippen LogP contribution in [0, 0.1) is 17.8 Å². The summed E-state index contributed by atoms with van der Waals surface area (Å²) in [4.78, 5) is 64.6. The number of hydrogen-bond donors (Lipinski definition) is 3.